The molecule has 4 heteroatoms. The molecule has 1 heterocycles. The Morgan fingerprint density at radius 3 is 2.73 bits per heavy atom. The highest BCUT2D eigenvalue weighted by molar-refractivity contribution is 6.31. The lowest BCUT2D eigenvalue weighted by Crippen LogP contribution is -2.26. The van der Waals surface area contributed by atoms with E-state index in [0.717, 1.165) is 10.9 Å². The maximum Gasteiger partial charge on any atom is 0.289 e. The summed E-state index contributed by atoms with van der Waals surface area (Å²) in [5, 5.41) is 1.46. The third kappa shape index (κ3) is 2.85. The zero-order valence-electron chi connectivity index (χ0n) is 12.5. The Labute approximate surface area is 134 Å². The van der Waals surface area contributed by atoms with E-state index in [2.05, 4.69) is 0 Å². The summed E-state index contributed by atoms with van der Waals surface area (Å²) in [6.07, 6.45) is 0. The van der Waals surface area contributed by atoms with E-state index in [9.17, 15) is 4.79 Å². The molecule has 0 saturated heterocycles. The van der Waals surface area contributed by atoms with Gasteiger partial charge in [0.15, 0.2) is 5.76 Å². The summed E-state index contributed by atoms with van der Waals surface area (Å²) < 4.78 is 5.62. The Kier molecular flexibility index (Phi) is 3.90. The van der Waals surface area contributed by atoms with Gasteiger partial charge in [-0.05, 0) is 42.3 Å². The molecule has 0 aliphatic heterocycles. The number of amides is 1. The zero-order valence-corrected chi connectivity index (χ0v) is 13.2. The van der Waals surface area contributed by atoms with E-state index in [0.29, 0.717) is 22.9 Å². The van der Waals surface area contributed by atoms with Gasteiger partial charge in [0.05, 0.1) is 0 Å². The highest BCUT2D eigenvalue weighted by Crippen LogP contribution is 2.24. The first kappa shape index (κ1) is 14.7. The number of aryl methyl sites for hydroxylation is 1. The predicted molar refractivity (Wildman–Crippen MR) is 88.2 cm³/mol. The number of fused-ring (bicyclic) bond motifs is 1. The lowest BCUT2D eigenvalue weighted by Gasteiger charge is -2.17. The summed E-state index contributed by atoms with van der Waals surface area (Å²) >= 11 is 5.96. The van der Waals surface area contributed by atoms with Crippen LogP contribution < -0.4 is 0 Å². The van der Waals surface area contributed by atoms with E-state index in [1.165, 1.54) is 5.56 Å². The monoisotopic (exact) mass is 313 g/mol. The molecular weight excluding hydrogens is 298 g/mol. The zero-order chi connectivity index (χ0) is 15.7. The van der Waals surface area contributed by atoms with E-state index in [4.69, 9.17) is 16.0 Å². The lowest BCUT2D eigenvalue weighted by atomic mass is 10.1. The van der Waals surface area contributed by atoms with Crippen molar-refractivity contribution >= 4 is 28.5 Å². The highest BCUT2D eigenvalue weighted by Gasteiger charge is 2.17. The molecule has 1 aromatic heterocycles. The van der Waals surface area contributed by atoms with E-state index >= 15 is 0 Å². The molecule has 3 nitrogen and oxygen atoms in total. The van der Waals surface area contributed by atoms with E-state index < -0.39 is 0 Å². The van der Waals surface area contributed by atoms with Crippen LogP contribution in [0.1, 0.15) is 21.7 Å². The second-order valence-corrected chi connectivity index (χ2v) is 5.82. The summed E-state index contributed by atoms with van der Waals surface area (Å²) in [5.41, 5.74) is 2.95. The molecule has 0 atom stereocenters. The molecule has 1 amide bonds. The molecule has 3 rings (SSSR count). The third-order valence-corrected chi connectivity index (χ3v) is 3.94. The normalized spacial score (nSPS) is 10.9. The van der Waals surface area contributed by atoms with Gasteiger partial charge in [0, 0.05) is 24.0 Å². The fraction of sp³-hybridized carbons (Fsp3) is 0.167. The molecule has 3 aromatic rings. The molecule has 0 unspecified atom stereocenters. The van der Waals surface area contributed by atoms with Crippen LogP contribution in [-0.2, 0) is 6.54 Å². The molecule has 0 fully saturated rings. The van der Waals surface area contributed by atoms with Gasteiger partial charge in [-0.3, -0.25) is 4.79 Å². The molecule has 0 radical (unpaired) electrons. The number of carbonyl (C=O) groups excluding carboxylic acids is 1. The van der Waals surface area contributed by atoms with Crippen LogP contribution >= 0.6 is 11.6 Å². The molecule has 0 aliphatic rings. The first-order chi connectivity index (χ1) is 10.5. The van der Waals surface area contributed by atoms with Crippen LogP contribution in [0.25, 0.3) is 11.0 Å². The van der Waals surface area contributed by atoms with Crippen molar-refractivity contribution in [3.63, 3.8) is 0 Å². The SMILES string of the molecule is Cc1ccccc1CN(C)C(=O)c1cc2cc(Cl)ccc2o1. The minimum absolute atomic E-state index is 0.143. The van der Waals surface area contributed by atoms with Crippen molar-refractivity contribution in [1.29, 1.82) is 0 Å². The summed E-state index contributed by atoms with van der Waals surface area (Å²) in [6.45, 7) is 2.58. The predicted octanol–water partition coefficient (Wildman–Crippen LogP) is 4.67. The largest absolute Gasteiger partial charge is 0.451 e. The van der Waals surface area contributed by atoms with Gasteiger partial charge in [0.2, 0.25) is 0 Å². The Morgan fingerprint density at radius 2 is 1.95 bits per heavy atom. The van der Waals surface area contributed by atoms with E-state index in [1.54, 1.807) is 36.2 Å². The second-order valence-electron chi connectivity index (χ2n) is 5.38. The van der Waals surface area contributed by atoms with Crippen LogP contribution in [0.15, 0.2) is 52.9 Å². The van der Waals surface area contributed by atoms with Crippen LogP contribution in [0.4, 0.5) is 0 Å². The molecule has 0 aliphatic carbocycles. The highest BCUT2D eigenvalue weighted by atomic mass is 35.5. The fourth-order valence-corrected chi connectivity index (χ4v) is 2.60. The number of furan rings is 1. The van der Waals surface area contributed by atoms with Crippen molar-refractivity contribution in [2.24, 2.45) is 0 Å². The van der Waals surface area contributed by atoms with Gasteiger partial charge in [0.1, 0.15) is 5.58 Å². The molecular formula is C18H16ClNO2. The third-order valence-electron chi connectivity index (χ3n) is 3.70. The van der Waals surface area contributed by atoms with Crippen molar-refractivity contribution in [3.8, 4) is 0 Å². The quantitative estimate of drug-likeness (QED) is 0.704. The fourth-order valence-electron chi connectivity index (χ4n) is 2.42. The Hall–Kier alpha value is -2.26. The number of nitrogens with zero attached hydrogens (tertiary/aromatic N) is 1. The number of benzene rings is 2. The summed E-state index contributed by atoms with van der Waals surface area (Å²) in [6, 6.07) is 15.1. The van der Waals surface area contributed by atoms with Crippen LogP contribution in [0, 0.1) is 6.92 Å². The van der Waals surface area contributed by atoms with Gasteiger partial charge in [-0.1, -0.05) is 35.9 Å². The number of hydrogen-bond acceptors (Lipinski definition) is 2. The van der Waals surface area contributed by atoms with Crippen LogP contribution in [0.5, 0.6) is 0 Å². The summed E-state index contributed by atoms with van der Waals surface area (Å²) in [4.78, 5) is 14.2. The van der Waals surface area contributed by atoms with Gasteiger partial charge in [-0.15, -0.1) is 0 Å². The first-order valence-electron chi connectivity index (χ1n) is 7.03. The van der Waals surface area contributed by atoms with Crippen LogP contribution in [0.2, 0.25) is 5.02 Å². The van der Waals surface area contributed by atoms with Gasteiger partial charge < -0.3 is 9.32 Å². The molecule has 22 heavy (non-hydrogen) atoms. The van der Waals surface area contributed by atoms with Crippen molar-refractivity contribution < 1.29 is 9.21 Å². The first-order valence-corrected chi connectivity index (χ1v) is 7.41. The number of carbonyl (C=O) groups is 1. The number of hydrogen-bond donors (Lipinski definition) is 0. The lowest BCUT2D eigenvalue weighted by molar-refractivity contribution is 0.0755. The molecule has 112 valence electrons. The number of halogens is 1. The Balaban J connectivity index is 1.84. The molecule has 0 saturated carbocycles. The maximum atomic E-state index is 12.5. The average Bonchev–Trinajstić information content (AvgIpc) is 2.91. The van der Waals surface area contributed by atoms with E-state index in [1.807, 2.05) is 31.2 Å². The Bertz CT molecular complexity index is 838. The second kappa shape index (κ2) is 5.85. The molecule has 0 spiro atoms. The van der Waals surface area contributed by atoms with Gasteiger partial charge in [-0.25, -0.2) is 0 Å². The van der Waals surface area contributed by atoms with Crippen molar-refractivity contribution in [2.75, 3.05) is 7.05 Å². The van der Waals surface area contributed by atoms with Crippen molar-refractivity contribution in [1.82, 2.24) is 4.90 Å². The number of rotatable bonds is 3. The smallest absolute Gasteiger partial charge is 0.289 e. The van der Waals surface area contributed by atoms with Gasteiger partial charge in [-0.2, -0.15) is 0 Å². The van der Waals surface area contributed by atoms with Gasteiger partial charge >= 0.3 is 0 Å². The van der Waals surface area contributed by atoms with Crippen molar-refractivity contribution in [3.05, 3.63) is 70.4 Å². The van der Waals surface area contributed by atoms with Gasteiger partial charge in [0.25, 0.3) is 5.91 Å². The van der Waals surface area contributed by atoms with Crippen molar-refractivity contribution in [2.45, 2.75) is 13.5 Å². The maximum absolute atomic E-state index is 12.5. The standard InChI is InChI=1S/C18H16ClNO2/c1-12-5-3-4-6-13(12)11-20(2)18(21)17-10-14-9-15(19)7-8-16(14)22-17/h3-10H,11H2,1-2H3. The average molecular weight is 314 g/mol. The van der Waals surface area contributed by atoms with Crippen LogP contribution in [0.3, 0.4) is 0 Å². The molecule has 2 aromatic carbocycles. The summed E-state index contributed by atoms with van der Waals surface area (Å²) in [7, 11) is 1.77. The Morgan fingerprint density at radius 1 is 1.18 bits per heavy atom. The molecule has 0 N–H and O–H groups in total. The summed E-state index contributed by atoms with van der Waals surface area (Å²) in [5.74, 6) is 0.184. The minimum Gasteiger partial charge on any atom is -0.451 e. The van der Waals surface area contributed by atoms with E-state index in [-0.39, 0.29) is 5.91 Å². The minimum atomic E-state index is -0.143. The topological polar surface area (TPSA) is 33.5 Å². The van der Waals surface area contributed by atoms with Crippen LogP contribution in [-0.4, -0.2) is 17.9 Å². The molecule has 0 bridgehead atoms.